The van der Waals surface area contributed by atoms with Crippen molar-refractivity contribution in [2.24, 2.45) is 0 Å². The molecule has 0 aliphatic heterocycles. The van der Waals surface area contributed by atoms with Gasteiger partial charge in [0, 0.05) is 5.41 Å². The fourth-order valence-electron chi connectivity index (χ4n) is 6.82. The normalized spacial score (nSPS) is 16.7. The summed E-state index contributed by atoms with van der Waals surface area (Å²) >= 11 is 0. The van der Waals surface area contributed by atoms with E-state index in [2.05, 4.69) is 37.3 Å². The molecule has 0 aromatic heterocycles. The average Bonchev–Trinajstić information content (AvgIpc) is 3.19. The third-order valence-electron chi connectivity index (χ3n) is 9.05. The third-order valence-corrected chi connectivity index (χ3v) is 9.05. The first-order valence-corrected chi connectivity index (χ1v) is 14.9. The van der Waals surface area contributed by atoms with Crippen LogP contribution < -0.4 is 10.1 Å². The van der Waals surface area contributed by atoms with E-state index in [0.29, 0.717) is 11.2 Å². The summed E-state index contributed by atoms with van der Waals surface area (Å²) in [5, 5.41) is 29.3. The number of rotatable bonds is 15. The predicted octanol–water partition coefficient (Wildman–Crippen LogP) is 5.80. The number of aryl methyl sites for hydroxylation is 3. The molecule has 3 aromatic carbocycles. The summed E-state index contributed by atoms with van der Waals surface area (Å²) in [5.41, 5.74) is 9.68. The van der Waals surface area contributed by atoms with Gasteiger partial charge in [0.1, 0.15) is 5.75 Å². The molecule has 3 aromatic rings. The average molecular weight is 523 g/mol. The summed E-state index contributed by atoms with van der Waals surface area (Å²) in [6, 6.07) is 19.0. The van der Waals surface area contributed by atoms with Crippen LogP contribution in [0.15, 0.2) is 54.6 Å². The van der Waals surface area contributed by atoms with Crippen molar-refractivity contribution in [3.05, 3.63) is 82.4 Å². The zero-order valence-electron chi connectivity index (χ0n) is 23.3. The molecule has 0 bridgehead atoms. The first kappa shape index (κ1) is 28.0. The van der Waals surface area contributed by atoms with E-state index in [1.165, 1.54) is 84.7 Å². The first-order valence-electron chi connectivity index (χ1n) is 14.9. The van der Waals surface area contributed by atoms with Crippen molar-refractivity contribution in [1.82, 2.24) is 0 Å². The molecule has 1 atom stereocenters. The number of benzene rings is 3. The first-order chi connectivity index (χ1) is 19.1. The lowest BCUT2D eigenvalue weighted by Gasteiger charge is -2.33. The molecule has 0 saturated carbocycles. The molecule has 0 heterocycles. The number of unbranched alkanes of at least 4 members (excludes halogenated alkanes) is 6. The van der Waals surface area contributed by atoms with Crippen LogP contribution in [0.4, 0.5) is 0 Å². The van der Waals surface area contributed by atoms with Crippen molar-refractivity contribution in [3.8, 4) is 16.9 Å². The smallest absolute Gasteiger partial charge is 0.537 e. The molecule has 39 heavy (non-hydrogen) atoms. The maximum absolute atomic E-state index is 10.0. The Morgan fingerprint density at radius 3 is 2.13 bits per heavy atom. The molecular formula is C33H41B2O4. The van der Waals surface area contributed by atoms with E-state index in [9.17, 15) is 15.1 Å². The Balaban J connectivity index is 1.35. The predicted molar refractivity (Wildman–Crippen MR) is 160 cm³/mol. The Hall–Kier alpha value is -2.53. The summed E-state index contributed by atoms with van der Waals surface area (Å²) in [4.78, 5) is 0. The molecule has 4 nitrogen and oxygen atoms in total. The lowest BCUT2D eigenvalue weighted by atomic mass is 9.68. The lowest BCUT2D eigenvalue weighted by Crippen LogP contribution is -2.32. The van der Waals surface area contributed by atoms with Gasteiger partial charge in [-0.25, -0.2) is 0 Å². The fraction of sp³-hybridized carbons (Fsp3) is 0.455. The second-order valence-corrected chi connectivity index (χ2v) is 11.5. The van der Waals surface area contributed by atoms with Crippen LogP contribution in [0.5, 0.6) is 5.75 Å². The van der Waals surface area contributed by atoms with E-state index < -0.39 is 7.12 Å². The topological polar surface area (TPSA) is 69.9 Å². The van der Waals surface area contributed by atoms with Crippen LogP contribution in [0.1, 0.15) is 98.9 Å². The van der Waals surface area contributed by atoms with Gasteiger partial charge in [-0.3, -0.25) is 0 Å². The summed E-state index contributed by atoms with van der Waals surface area (Å²) in [6.07, 6.45) is 15.1. The number of hydrogen-bond donors (Lipinski definition) is 3. The van der Waals surface area contributed by atoms with E-state index >= 15 is 0 Å². The fourth-order valence-corrected chi connectivity index (χ4v) is 6.82. The van der Waals surface area contributed by atoms with Gasteiger partial charge in [-0.15, -0.1) is 0 Å². The van der Waals surface area contributed by atoms with Crippen molar-refractivity contribution in [2.45, 2.75) is 95.8 Å². The highest BCUT2D eigenvalue weighted by molar-refractivity contribution is 6.58. The van der Waals surface area contributed by atoms with E-state index in [1.54, 1.807) is 5.56 Å². The van der Waals surface area contributed by atoms with Crippen molar-refractivity contribution < 1.29 is 19.7 Å². The zero-order chi connectivity index (χ0) is 27.2. The minimum Gasteiger partial charge on any atom is -0.537 e. The van der Waals surface area contributed by atoms with Gasteiger partial charge in [-0.2, -0.15) is 0 Å². The van der Waals surface area contributed by atoms with Crippen LogP contribution in [0, 0.1) is 0 Å². The van der Waals surface area contributed by atoms with Crippen LogP contribution in [-0.2, 0) is 24.7 Å². The summed E-state index contributed by atoms with van der Waals surface area (Å²) in [5.74, 6) is 0.628. The highest BCUT2D eigenvalue weighted by atomic mass is 16.5. The minimum atomic E-state index is -1.49. The number of hydrogen-bond acceptors (Lipinski definition) is 4. The Labute approximate surface area is 234 Å². The van der Waals surface area contributed by atoms with Gasteiger partial charge in [-0.05, 0) is 95.1 Å². The Morgan fingerprint density at radius 1 is 0.769 bits per heavy atom. The lowest BCUT2D eigenvalue weighted by molar-refractivity contribution is 0.397. The Morgan fingerprint density at radius 2 is 1.46 bits per heavy atom. The van der Waals surface area contributed by atoms with Crippen LogP contribution in [0.2, 0.25) is 0 Å². The molecule has 0 amide bonds. The van der Waals surface area contributed by atoms with Crippen LogP contribution in [0.25, 0.3) is 11.1 Å². The largest absolute Gasteiger partial charge is 0.569 e. The molecule has 1 radical (unpaired) electrons. The third kappa shape index (κ3) is 5.99. The van der Waals surface area contributed by atoms with Crippen molar-refractivity contribution in [1.29, 1.82) is 0 Å². The molecule has 6 heteroatoms. The monoisotopic (exact) mass is 523 g/mol. The quantitative estimate of drug-likeness (QED) is 0.174. The molecule has 2 aliphatic carbocycles. The van der Waals surface area contributed by atoms with E-state index in [1.807, 2.05) is 24.3 Å². The maximum Gasteiger partial charge on any atom is 0.569 e. The van der Waals surface area contributed by atoms with Crippen LogP contribution >= 0.6 is 0 Å². The van der Waals surface area contributed by atoms with E-state index in [-0.39, 0.29) is 5.41 Å². The number of fused-ring (bicyclic) bond motifs is 4. The minimum absolute atomic E-state index is 0.208. The molecule has 3 N–H and O–H groups in total. The van der Waals surface area contributed by atoms with Gasteiger partial charge in [-0.1, -0.05) is 94.3 Å². The Bertz CT molecular complexity index is 1270. The molecule has 0 saturated heterocycles. The SMILES string of the molecule is CCCCCCC1(CCCCCCc2ccc3c(c2)CC3)c2cc(O[B]O)ccc2-c2ccc(B(O)O)cc21. The standard InChI is InChI=1S/C33H41B2O4/c1-2-3-4-8-19-33(20-9-6-5-7-10-24-11-12-25-13-14-26(25)21-24)31-22-27(35(37)38)15-17-29(31)30-18-16-28(39-34-36)23-32(30)33/h11-12,15-18,21-23,36-38H,2-10,13-14,19-20H2,1H3. The highest BCUT2D eigenvalue weighted by Crippen LogP contribution is 2.54. The van der Waals surface area contributed by atoms with Gasteiger partial charge in [0.2, 0.25) is 0 Å². The van der Waals surface area contributed by atoms with Crippen molar-refractivity contribution in [2.75, 3.05) is 0 Å². The summed E-state index contributed by atoms with van der Waals surface area (Å²) in [6.45, 7) is 2.24. The molecule has 0 spiro atoms. The van der Waals surface area contributed by atoms with E-state index in [0.717, 1.165) is 39.8 Å². The van der Waals surface area contributed by atoms with Crippen molar-refractivity contribution in [3.63, 3.8) is 0 Å². The van der Waals surface area contributed by atoms with E-state index in [4.69, 9.17) is 4.65 Å². The molecule has 5 rings (SSSR count). The molecule has 0 fully saturated rings. The van der Waals surface area contributed by atoms with Crippen molar-refractivity contribution >= 4 is 20.3 Å². The second kappa shape index (κ2) is 12.8. The molecule has 203 valence electrons. The maximum atomic E-state index is 10.0. The van der Waals surface area contributed by atoms with Gasteiger partial charge in [0.25, 0.3) is 0 Å². The van der Waals surface area contributed by atoms with Gasteiger partial charge in [0.15, 0.2) is 0 Å². The van der Waals surface area contributed by atoms with Gasteiger partial charge >= 0.3 is 14.8 Å². The van der Waals surface area contributed by atoms with Gasteiger partial charge in [0.05, 0.1) is 0 Å². The summed E-state index contributed by atoms with van der Waals surface area (Å²) in [7, 11) is -0.749. The zero-order valence-corrected chi connectivity index (χ0v) is 23.3. The second-order valence-electron chi connectivity index (χ2n) is 11.5. The molecule has 2 aliphatic rings. The highest BCUT2D eigenvalue weighted by Gasteiger charge is 2.43. The van der Waals surface area contributed by atoms with Crippen LogP contribution in [-0.4, -0.2) is 29.9 Å². The Kier molecular flexibility index (Phi) is 9.17. The molecule has 1 unspecified atom stereocenters. The molecular weight excluding hydrogens is 482 g/mol. The van der Waals surface area contributed by atoms with Crippen LogP contribution in [0.3, 0.4) is 0 Å². The van der Waals surface area contributed by atoms with Gasteiger partial charge < -0.3 is 19.7 Å². The summed E-state index contributed by atoms with van der Waals surface area (Å²) < 4.78 is 5.40.